The second-order valence-corrected chi connectivity index (χ2v) is 4.76. The molecule has 0 amide bonds. The maximum atomic E-state index is 11.1. The predicted molar refractivity (Wildman–Crippen MR) is 66.0 cm³/mol. The molecule has 0 aromatic carbocycles. The number of carbonyl (C=O) groups is 1. The van der Waals surface area contributed by atoms with Crippen LogP contribution in [0.5, 0.6) is 0 Å². The molecule has 7 heteroatoms. The van der Waals surface area contributed by atoms with E-state index in [9.17, 15) is 4.79 Å². The van der Waals surface area contributed by atoms with E-state index in [0.29, 0.717) is 12.5 Å². The Labute approximate surface area is 109 Å². The van der Waals surface area contributed by atoms with Crippen LogP contribution in [-0.4, -0.2) is 35.9 Å². The highest BCUT2D eigenvalue weighted by Gasteiger charge is 2.33. The third-order valence-corrected chi connectivity index (χ3v) is 3.28. The number of aromatic carboxylic acids is 1. The van der Waals surface area contributed by atoms with E-state index < -0.39 is 5.97 Å². The molecular formula is C12H15N5O2. The predicted octanol–water partition coefficient (Wildman–Crippen LogP) is 1.12. The number of rotatable bonds is 5. The Morgan fingerprint density at radius 1 is 1.53 bits per heavy atom. The molecule has 19 heavy (non-hydrogen) atoms. The Hall–Kier alpha value is -2.18. The molecule has 1 saturated carbocycles. The summed E-state index contributed by atoms with van der Waals surface area (Å²) >= 11 is 0. The minimum atomic E-state index is -1.00. The Kier molecular flexibility index (Phi) is 2.81. The maximum Gasteiger partial charge on any atom is 0.358 e. The minimum Gasteiger partial charge on any atom is -0.476 e. The molecular weight excluding hydrogens is 246 g/mol. The lowest BCUT2D eigenvalue weighted by atomic mass is 10.2. The van der Waals surface area contributed by atoms with Crippen LogP contribution in [0.2, 0.25) is 0 Å². The zero-order valence-electron chi connectivity index (χ0n) is 10.7. The van der Waals surface area contributed by atoms with Crippen molar-refractivity contribution < 1.29 is 9.90 Å². The van der Waals surface area contributed by atoms with Crippen LogP contribution in [0.3, 0.4) is 0 Å². The molecule has 0 atom stereocenters. The van der Waals surface area contributed by atoms with Gasteiger partial charge in [-0.25, -0.2) is 9.48 Å². The van der Waals surface area contributed by atoms with Crippen LogP contribution in [-0.2, 0) is 13.1 Å². The number of carboxylic acids is 1. The second-order valence-electron chi connectivity index (χ2n) is 4.76. The minimum absolute atomic E-state index is 0.0883. The molecule has 0 saturated heterocycles. The topological polar surface area (TPSA) is 85.8 Å². The van der Waals surface area contributed by atoms with E-state index in [0.717, 1.165) is 30.6 Å². The van der Waals surface area contributed by atoms with Crippen molar-refractivity contribution in [3.8, 4) is 0 Å². The molecule has 0 unspecified atom stereocenters. The van der Waals surface area contributed by atoms with Crippen LogP contribution in [0.1, 0.15) is 47.4 Å². The Morgan fingerprint density at radius 2 is 2.32 bits per heavy atom. The van der Waals surface area contributed by atoms with Crippen LogP contribution >= 0.6 is 0 Å². The largest absolute Gasteiger partial charge is 0.476 e. The van der Waals surface area contributed by atoms with Crippen molar-refractivity contribution in [1.82, 2.24) is 24.8 Å². The van der Waals surface area contributed by atoms with Crippen molar-refractivity contribution in [2.24, 2.45) is 0 Å². The van der Waals surface area contributed by atoms with Gasteiger partial charge >= 0.3 is 5.97 Å². The number of nitrogens with zero attached hydrogens (tertiary/aromatic N) is 5. The van der Waals surface area contributed by atoms with Gasteiger partial charge in [-0.3, -0.25) is 4.68 Å². The first kappa shape index (κ1) is 11.9. The summed E-state index contributed by atoms with van der Waals surface area (Å²) in [6.07, 6.45) is 5.75. The summed E-state index contributed by atoms with van der Waals surface area (Å²) in [6.45, 7) is 3.35. The molecule has 0 radical (unpaired) electrons. The van der Waals surface area contributed by atoms with Gasteiger partial charge in [0.05, 0.1) is 18.4 Å². The number of hydrogen-bond acceptors (Lipinski definition) is 4. The highest BCUT2D eigenvalue weighted by Crippen LogP contribution is 2.41. The first-order chi connectivity index (χ1) is 9.19. The van der Waals surface area contributed by atoms with Gasteiger partial charge in [0.25, 0.3) is 0 Å². The average Bonchev–Trinajstić information content (AvgIpc) is 2.98. The van der Waals surface area contributed by atoms with Gasteiger partial charge in [0.15, 0.2) is 5.69 Å². The van der Waals surface area contributed by atoms with Crippen LogP contribution in [0.15, 0.2) is 12.4 Å². The Morgan fingerprint density at radius 3 is 2.89 bits per heavy atom. The molecule has 1 N–H and O–H groups in total. The summed E-state index contributed by atoms with van der Waals surface area (Å²) in [5.41, 5.74) is 1.84. The zero-order valence-corrected chi connectivity index (χ0v) is 10.7. The smallest absolute Gasteiger partial charge is 0.358 e. The van der Waals surface area contributed by atoms with Crippen LogP contribution in [0, 0.1) is 0 Å². The SMILES string of the molecule is CCn1cc(Cn2nnc(C(=O)O)c2C2CC2)cn1. The molecule has 1 aliphatic rings. The second kappa shape index (κ2) is 4.49. The molecule has 3 rings (SSSR count). The number of carboxylic acid groups (broad SMARTS) is 1. The van der Waals surface area contributed by atoms with Gasteiger partial charge in [0.1, 0.15) is 0 Å². The number of hydrogen-bond donors (Lipinski definition) is 1. The van der Waals surface area contributed by atoms with Crippen LogP contribution in [0.25, 0.3) is 0 Å². The maximum absolute atomic E-state index is 11.1. The van der Waals surface area contributed by atoms with Crippen molar-refractivity contribution >= 4 is 5.97 Å². The van der Waals surface area contributed by atoms with Crippen LogP contribution in [0.4, 0.5) is 0 Å². The standard InChI is InChI=1S/C12H15N5O2/c1-2-16-6-8(5-13-16)7-17-11(9-3-4-9)10(12(18)19)14-15-17/h5-6,9H,2-4,7H2,1H3,(H,18,19). The van der Waals surface area contributed by atoms with Gasteiger partial charge in [-0.05, 0) is 19.8 Å². The Bertz CT molecular complexity index is 611. The van der Waals surface area contributed by atoms with Crippen molar-refractivity contribution in [3.63, 3.8) is 0 Å². The van der Waals surface area contributed by atoms with E-state index in [-0.39, 0.29) is 5.69 Å². The van der Waals surface area contributed by atoms with Gasteiger partial charge in [0.2, 0.25) is 0 Å². The lowest BCUT2D eigenvalue weighted by Crippen LogP contribution is -2.08. The van der Waals surface area contributed by atoms with Crippen LogP contribution < -0.4 is 0 Å². The van der Waals surface area contributed by atoms with Crippen molar-refractivity contribution in [1.29, 1.82) is 0 Å². The monoisotopic (exact) mass is 261 g/mol. The number of aromatic nitrogens is 5. The van der Waals surface area contributed by atoms with E-state index in [4.69, 9.17) is 5.11 Å². The summed E-state index contributed by atoms with van der Waals surface area (Å²) < 4.78 is 3.53. The summed E-state index contributed by atoms with van der Waals surface area (Å²) in [5, 5.41) is 21.1. The van der Waals surface area contributed by atoms with Gasteiger partial charge in [-0.15, -0.1) is 5.10 Å². The van der Waals surface area contributed by atoms with E-state index in [1.807, 2.05) is 17.8 Å². The molecule has 7 nitrogen and oxygen atoms in total. The summed E-state index contributed by atoms with van der Waals surface area (Å²) in [6, 6.07) is 0. The highest BCUT2D eigenvalue weighted by atomic mass is 16.4. The molecule has 2 aromatic rings. The molecule has 1 fully saturated rings. The lowest BCUT2D eigenvalue weighted by Gasteiger charge is -2.04. The Balaban J connectivity index is 1.90. The van der Waals surface area contributed by atoms with Gasteiger partial charge in [-0.2, -0.15) is 5.10 Å². The van der Waals surface area contributed by atoms with Crippen molar-refractivity contribution in [3.05, 3.63) is 29.3 Å². The fourth-order valence-electron chi connectivity index (χ4n) is 2.18. The highest BCUT2D eigenvalue weighted by molar-refractivity contribution is 5.86. The fourth-order valence-corrected chi connectivity index (χ4v) is 2.18. The average molecular weight is 261 g/mol. The first-order valence-electron chi connectivity index (χ1n) is 6.37. The van der Waals surface area contributed by atoms with Gasteiger partial charge in [-0.1, -0.05) is 5.21 Å². The molecule has 1 aliphatic carbocycles. The molecule has 0 spiro atoms. The summed E-state index contributed by atoms with van der Waals surface area (Å²) in [4.78, 5) is 11.1. The van der Waals surface area contributed by atoms with E-state index >= 15 is 0 Å². The molecule has 2 aromatic heterocycles. The normalized spacial score (nSPS) is 14.8. The summed E-state index contributed by atoms with van der Waals surface area (Å²) in [7, 11) is 0. The van der Waals surface area contributed by atoms with Crippen molar-refractivity contribution in [2.75, 3.05) is 0 Å². The van der Waals surface area contributed by atoms with E-state index in [2.05, 4.69) is 15.4 Å². The molecule has 0 aliphatic heterocycles. The number of aryl methyl sites for hydroxylation is 1. The lowest BCUT2D eigenvalue weighted by molar-refractivity contribution is 0.0689. The first-order valence-corrected chi connectivity index (χ1v) is 6.37. The van der Waals surface area contributed by atoms with E-state index in [1.165, 1.54) is 0 Å². The van der Waals surface area contributed by atoms with Gasteiger partial charge < -0.3 is 5.11 Å². The van der Waals surface area contributed by atoms with E-state index in [1.54, 1.807) is 10.9 Å². The van der Waals surface area contributed by atoms with Crippen molar-refractivity contribution in [2.45, 2.75) is 38.8 Å². The molecule has 0 bridgehead atoms. The third kappa shape index (κ3) is 2.23. The third-order valence-electron chi connectivity index (χ3n) is 3.28. The van der Waals surface area contributed by atoms with Gasteiger partial charge in [0, 0.05) is 24.2 Å². The molecule has 2 heterocycles. The zero-order chi connectivity index (χ0) is 13.4. The molecule has 100 valence electrons. The summed E-state index contributed by atoms with van der Waals surface area (Å²) in [5.74, 6) is -0.709. The quantitative estimate of drug-likeness (QED) is 0.871. The fraction of sp³-hybridized carbons (Fsp3) is 0.500.